The highest BCUT2D eigenvalue weighted by Gasteiger charge is 2.35. The standard InChI is InChI=1S/C11H19NO4/c1-8-2-4-16-9(8)10(13)12-6-11(14)3-5-15-7-11/h8-9,14H,2-7H2,1H3,(H,12,13). The number of carbonyl (C=O) groups is 1. The molecule has 16 heavy (non-hydrogen) atoms. The van der Waals surface area contributed by atoms with Gasteiger partial charge in [-0.25, -0.2) is 0 Å². The Balaban J connectivity index is 1.79. The summed E-state index contributed by atoms with van der Waals surface area (Å²) >= 11 is 0. The molecule has 0 spiro atoms. The van der Waals surface area contributed by atoms with Gasteiger partial charge in [0.1, 0.15) is 11.7 Å². The molecule has 0 saturated carbocycles. The van der Waals surface area contributed by atoms with E-state index in [0.717, 1.165) is 6.42 Å². The SMILES string of the molecule is CC1CCOC1C(=O)NCC1(O)CCOC1. The zero-order valence-corrected chi connectivity index (χ0v) is 9.57. The summed E-state index contributed by atoms with van der Waals surface area (Å²) in [5.41, 5.74) is -0.891. The van der Waals surface area contributed by atoms with E-state index in [1.807, 2.05) is 6.92 Å². The van der Waals surface area contributed by atoms with E-state index in [1.165, 1.54) is 0 Å². The molecule has 2 saturated heterocycles. The predicted molar refractivity (Wildman–Crippen MR) is 56.9 cm³/mol. The van der Waals surface area contributed by atoms with Crippen molar-refractivity contribution >= 4 is 5.91 Å². The molecule has 2 aliphatic rings. The Morgan fingerprint density at radius 2 is 2.38 bits per heavy atom. The maximum atomic E-state index is 11.8. The van der Waals surface area contributed by atoms with E-state index >= 15 is 0 Å². The second-order valence-corrected chi connectivity index (χ2v) is 4.80. The van der Waals surface area contributed by atoms with Crippen molar-refractivity contribution in [3.05, 3.63) is 0 Å². The molecule has 0 radical (unpaired) electrons. The van der Waals surface area contributed by atoms with Crippen molar-refractivity contribution in [2.24, 2.45) is 5.92 Å². The van der Waals surface area contributed by atoms with Gasteiger partial charge in [0.25, 0.3) is 0 Å². The van der Waals surface area contributed by atoms with Gasteiger partial charge in [0.2, 0.25) is 5.91 Å². The summed E-state index contributed by atoms with van der Waals surface area (Å²) < 4.78 is 10.5. The average molecular weight is 229 g/mol. The van der Waals surface area contributed by atoms with Crippen LogP contribution in [0, 0.1) is 5.92 Å². The molecule has 5 heteroatoms. The van der Waals surface area contributed by atoms with Crippen molar-refractivity contribution < 1.29 is 19.4 Å². The fourth-order valence-corrected chi connectivity index (χ4v) is 2.12. The molecule has 2 heterocycles. The first-order chi connectivity index (χ1) is 7.61. The summed E-state index contributed by atoms with van der Waals surface area (Å²) in [7, 11) is 0. The fraction of sp³-hybridized carbons (Fsp3) is 0.909. The van der Waals surface area contributed by atoms with Crippen LogP contribution >= 0.6 is 0 Å². The highest BCUT2D eigenvalue weighted by atomic mass is 16.5. The molecule has 0 aromatic carbocycles. The first kappa shape index (κ1) is 11.8. The molecule has 5 nitrogen and oxygen atoms in total. The van der Waals surface area contributed by atoms with E-state index in [9.17, 15) is 9.90 Å². The van der Waals surface area contributed by atoms with Crippen LogP contribution in [0.2, 0.25) is 0 Å². The van der Waals surface area contributed by atoms with Crippen LogP contribution in [0.4, 0.5) is 0 Å². The third-order valence-corrected chi connectivity index (χ3v) is 3.32. The normalized spacial score (nSPS) is 38.9. The summed E-state index contributed by atoms with van der Waals surface area (Å²) in [6, 6.07) is 0. The molecule has 2 N–H and O–H groups in total. The quantitative estimate of drug-likeness (QED) is 0.696. The van der Waals surface area contributed by atoms with Crippen LogP contribution in [0.3, 0.4) is 0 Å². The lowest BCUT2D eigenvalue weighted by Crippen LogP contribution is -2.47. The first-order valence-electron chi connectivity index (χ1n) is 5.80. The fourth-order valence-electron chi connectivity index (χ4n) is 2.12. The molecule has 0 bridgehead atoms. The van der Waals surface area contributed by atoms with Crippen molar-refractivity contribution in [1.29, 1.82) is 0 Å². The van der Waals surface area contributed by atoms with E-state index < -0.39 is 5.60 Å². The van der Waals surface area contributed by atoms with Gasteiger partial charge in [0.05, 0.1) is 6.61 Å². The summed E-state index contributed by atoms with van der Waals surface area (Å²) in [6.45, 7) is 3.76. The largest absolute Gasteiger partial charge is 0.386 e. The van der Waals surface area contributed by atoms with E-state index in [0.29, 0.717) is 26.2 Å². The van der Waals surface area contributed by atoms with Crippen molar-refractivity contribution in [1.82, 2.24) is 5.32 Å². The van der Waals surface area contributed by atoms with Gasteiger partial charge in [-0.1, -0.05) is 6.92 Å². The van der Waals surface area contributed by atoms with Crippen LogP contribution in [0.15, 0.2) is 0 Å². The summed E-state index contributed by atoms with van der Waals surface area (Å²) in [6.07, 6.45) is 1.14. The van der Waals surface area contributed by atoms with Gasteiger partial charge in [-0.2, -0.15) is 0 Å². The number of rotatable bonds is 3. The van der Waals surface area contributed by atoms with Gasteiger partial charge in [-0.3, -0.25) is 4.79 Å². The molecule has 2 rings (SSSR count). The minimum atomic E-state index is -0.891. The molecule has 2 aliphatic heterocycles. The highest BCUT2D eigenvalue weighted by molar-refractivity contribution is 5.81. The van der Waals surface area contributed by atoms with E-state index in [2.05, 4.69) is 5.32 Å². The van der Waals surface area contributed by atoms with E-state index in [-0.39, 0.29) is 24.5 Å². The molecule has 3 atom stereocenters. The topological polar surface area (TPSA) is 67.8 Å². The molecule has 92 valence electrons. The lowest BCUT2D eigenvalue weighted by molar-refractivity contribution is -0.132. The minimum absolute atomic E-state index is 0.120. The lowest BCUT2D eigenvalue weighted by atomic mass is 10.0. The molecule has 0 aromatic heterocycles. The molecule has 3 unspecified atom stereocenters. The Bertz CT molecular complexity index is 263. The number of carbonyl (C=O) groups excluding carboxylic acids is 1. The Kier molecular flexibility index (Phi) is 3.47. The van der Waals surface area contributed by atoms with Crippen molar-refractivity contribution in [2.45, 2.75) is 31.5 Å². The van der Waals surface area contributed by atoms with Crippen molar-refractivity contribution in [3.63, 3.8) is 0 Å². The number of amides is 1. The molecule has 0 aromatic rings. The zero-order chi connectivity index (χ0) is 11.6. The maximum absolute atomic E-state index is 11.8. The van der Waals surface area contributed by atoms with Gasteiger partial charge >= 0.3 is 0 Å². The van der Waals surface area contributed by atoms with E-state index in [4.69, 9.17) is 9.47 Å². The Labute approximate surface area is 95.1 Å². The lowest BCUT2D eigenvalue weighted by Gasteiger charge is -2.22. The van der Waals surface area contributed by atoms with Gasteiger partial charge in [0, 0.05) is 26.2 Å². The highest BCUT2D eigenvalue weighted by Crippen LogP contribution is 2.21. The van der Waals surface area contributed by atoms with Crippen LogP contribution in [-0.4, -0.2) is 49.1 Å². The molecular weight excluding hydrogens is 210 g/mol. The van der Waals surface area contributed by atoms with Crippen molar-refractivity contribution in [2.75, 3.05) is 26.4 Å². The van der Waals surface area contributed by atoms with Crippen LogP contribution in [-0.2, 0) is 14.3 Å². The Hall–Kier alpha value is -0.650. The van der Waals surface area contributed by atoms with E-state index in [1.54, 1.807) is 0 Å². The monoisotopic (exact) mass is 229 g/mol. The summed E-state index contributed by atoms with van der Waals surface area (Å²) in [5.74, 6) is 0.139. The first-order valence-corrected chi connectivity index (χ1v) is 5.80. The Morgan fingerprint density at radius 3 is 2.94 bits per heavy atom. The van der Waals surface area contributed by atoms with Crippen LogP contribution < -0.4 is 5.32 Å². The second kappa shape index (κ2) is 4.69. The van der Waals surface area contributed by atoms with Gasteiger partial charge in [-0.15, -0.1) is 0 Å². The smallest absolute Gasteiger partial charge is 0.249 e. The summed E-state index contributed by atoms with van der Waals surface area (Å²) in [4.78, 5) is 11.8. The minimum Gasteiger partial charge on any atom is -0.386 e. The predicted octanol–water partition coefficient (Wildman–Crippen LogP) is -0.321. The number of nitrogens with one attached hydrogen (secondary N) is 1. The Morgan fingerprint density at radius 1 is 1.56 bits per heavy atom. The maximum Gasteiger partial charge on any atom is 0.249 e. The molecule has 0 aliphatic carbocycles. The summed E-state index contributed by atoms with van der Waals surface area (Å²) in [5, 5.41) is 12.7. The van der Waals surface area contributed by atoms with Crippen LogP contribution in [0.5, 0.6) is 0 Å². The van der Waals surface area contributed by atoms with Crippen LogP contribution in [0.1, 0.15) is 19.8 Å². The van der Waals surface area contributed by atoms with Crippen molar-refractivity contribution in [3.8, 4) is 0 Å². The molecule has 2 fully saturated rings. The molecule has 1 amide bonds. The number of hydrogen-bond donors (Lipinski definition) is 2. The average Bonchev–Trinajstić information content (AvgIpc) is 2.85. The zero-order valence-electron chi connectivity index (χ0n) is 9.57. The van der Waals surface area contributed by atoms with Crippen LogP contribution in [0.25, 0.3) is 0 Å². The number of aliphatic hydroxyl groups is 1. The third-order valence-electron chi connectivity index (χ3n) is 3.32. The third kappa shape index (κ3) is 2.53. The molecular formula is C11H19NO4. The number of ether oxygens (including phenoxy) is 2. The van der Waals surface area contributed by atoms with Gasteiger partial charge in [-0.05, 0) is 12.3 Å². The number of hydrogen-bond acceptors (Lipinski definition) is 4. The second-order valence-electron chi connectivity index (χ2n) is 4.80. The van der Waals surface area contributed by atoms with Gasteiger partial charge in [0.15, 0.2) is 0 Å². The van der Waals surface area contributed by atoms with Gasteiger partial charge < -0.3 is 19.9 Å².